The molecule has 0 heterocycles. The number of benzene rings is 1. The topological polar surface area (TPSA) is 9.23 Å². The second kappa shape index (κ2) is 4.29. The van der Waals surface area contributed by atoms with Crippen LogP contribution >= 0.6 is 13.5 Å². The summed E-state index contributed by atoms with van der Waals surface area (Å²) in [5.41, 5.74) is 2.49. The number of hydrogen-bond donors (Lipinski definition) is 0. The van der Waals surface area contributed by atoms with Crippen LogP contribution in [0.25, 0.3) is 0 Å². The van der Waals surface area contributed by atoms with Crippen molar-refractivity contribution in [1.82, 2.24) is 0 Å². The van der Waals surface area contributed by atoms with Crippen molar-refractivity contribution in [2.45, 2.75) is 13.8 Å². The van der Waals surface area contributed by atoms with Gasteiger partial charge in [-0.15, -0.1) is 0 Å². The summed E-state index contributed by atoms with van der Waals surface area (Å²) in [6.45, 7) is 4.13. The zero-order chi connectivity index (χ0) is 7.56. The number of rotatable bonds is 1. The number of methoxy groups -OCH3 is 1. The fraction of sp³-hybridized carbons (Fsp3) is 0.333. The molecule has 1 rings (SSSR count). The largest absolute Gasteiger partial charge is 0.497 e. The maximum atomic E-state index is 5.08. The smallest absolute Gasteiger partial charge is 0.119 e. The van der Waals surface area contributed by atoms with E-state index < -0.39 is 0 Å². The zero-order valence-electron chi connectivity index (χ0n) is 7.14. The molecular formula is C9H14OS. The molecule has 2 heteroatoms. The second-order valence-corrected chi connectivity index (χ2v) is 2.53. The van der Waals surface area contributed by atoms with Gasteiger partial charge in [0.25, 0.3) is 0 Å². The number of hydrogen-bond acceptors (Lipinski definition) is 1. The summed E-state index contributed by atoms with van der Waals surface area (Å²) >= 11 is 0. The average molecular weight is 170 g/mol. The molecule has 0 aliphatic rings. The van der Waals surface area contributed by atoms with Gasteiger partial charge in [-0.1, -0.05) is 6.07 Å². The molecule has 0 unspecified atom stereocenters. The average Bonchev–Trinajstić information content (AvgIpc) is 1.85. The standard InChI is InChI=1S/C9H12O.H2S/c1-7-4-8(2)6-9(5-7)10-3;/h4-6H,1-3H3;1H2. The maximum Gasteiger partial charge on any atom is 0.119 e. The maximum absolute atomic E-state index is 5.08. The van der Waals surface area contributed by atoms with E-state index in [0.29, 0.717) is 0 Å². The van der Waals surface area contributed by atoms with E-state index in [0.717, 1.165) is 5.75 Å². The highest BCUT2D eigenvalue weighted by Crippen LogP contribution is 2.14. The van der Waals surface area contributed by atoms with Gasteiger partial charge in [-0.2, -0.15) is 13.5 Å². The molecule has 0 saturated heterocycles. The van der Waals surface area contributed by atoms with Gasteiger partial charge in [-0.25, -0.2) is 0 Å². The first kappa shape index (κ1) is 10.4. The van der Waals surface area contributed by atoms with Crippen molar-refractivity contribution in [3.8, 4) is 5.75 Å². The third-order valence-electron chi connectivity index (χ3n) is 1.43. The molecule has 0 radical (unpaired) electrons. The molecule has 0 aromatic heterocycles. The van der Waals surface area contributed by atoms with Gasteiger partial charge in [0, 0.05) is 0 Å². The number of ether oxygens (including phenoxy) is 1. The van der Waals surface area contributed by atoms with Gasteiger partial charge in [0.1, 0.15) is 5.75 Å². The summed E-state index contributed by atoms with van der Waals surface area (Å²) in [5, 5.41) is 0. The van der Waals surface area contributed by atoms with E-state index in [1.165, 1.54) is 11.1 Å². The van der Waals surface area contributed by atoms with Gasteiger partial charge in [-0.3, -0.25) is 0 Å². The summed E-state index contributed by atoms with van der Waals surface area (Å²) in [5.74, 6) is 0.942. The third-order valence-corrected chi connectivity index (χ3v) is 1.43. The molecule has 1 nitrogen and oxygen atoms in total. The Morgan fingerprint density at radius 2 is 1.45 bits per heavy atom. The Kier molecular flexibility index (Phi) is 4.04. The fourth-order valence-electron chi connectivity index (χ4n) is 1.05. The Balaban J connectivity index is 0.000001000. The molecule has 0 N–H and O–H groups in total. The van der Waals surface area contributed by atoms with Gasteiger partial charge < -0.3 is 4.74 Å². The van der Waals surface area contributed by atoms with Crippen molar-refractivity contribution >= 4 is 13.5 Å². The first-order chi connectivity index (χ1) is 4.72. The molecule has 0 saturated carbocycles. The minimum atomic E-state index is 0. The minimum Gasteiger partial charge on any atom is -0.497 e. The molecule has 0 bridgehead atoms. The van der Waals surface area contributed by atoms with E-state index in [4.69, 9.17) is 4.74 Å². The van der Waals surface area contributed by atoms with Crippen LogP contribution in [0.2, 0.25) is 0 Å². The monoisotopic (exact) mass is 170 g/mol. The minimum absolute atomic E-state index is 0. The van der Waals surface area contributed by atoms with Crippen LogP contribution in [-0.4, -0.2) is 7.11 Å². The Hall–Kier alpha value is -0.630. The zero-order valence-corrected chi connectivity index (χ0v) is 8.14. The van der Waals surface area contributed by atoms with Gasteiger partial charge in [0.2, 0.25) is 0 Å². The fourth-order valence-corrected chi connectivity index (χ4v) is 1.05. The van der Waals surface area contributed by atoms with Crippen LogP contribution in [0.15, 0.2) is 18.2 Å². The van der Waals surface area contributed by atoms with Crippen molar-refractivity contribution in [3.63, 3.8) is 0 Å². The lowest BCUT2D eigenvalue weighted by Crippen LogP contribution is -1.84. The second-order valence-electron chi connectivity index (χ2n) is 2.53. The predicted molar refractivity (Wildman–Crippen MR) is 52.8 cm³/mol. The van der Waals surface area contributed by atoms with E-state index in [1.807, 2.05) is 12.1 Å². The molecule has 1 aromatic rings. The Bertz CT molecular complexity index is 213. The van der Waals surface area contributed by atoms with Gasteiger partial charge >= 0.3 is 0 Å². The molecule has 0 aliphatic carbocycles. The Morgan fingerprint density at radius 1 is 1.00 bits per heavy atom. The summed E-state index contributed by atoms with van der Waals surface area (Å²) in [6, 6.07) is 6.17. The predicted octanol–water partition coefficient (Wildman–Crippen LogP) is 2.42. The van der Waals surface area contributed by atoms with Crippen LogP contribution in [0, 0.1) is 13.8 Å². The van der Waals surface area contributed by atoms with Crippen LogP contribution in [0.3, 0.4) is 0 Å². The number of aryl methyl sites for hydroxylation is 2. The van der Waals surface area contributed by atoms with E-state index in [1.54, 1.807) is 7.11 Å². The highest BCUT2D eigenvalue weighted by atomic mass is 32.1. The molecule has 0 fully saturated rings. The summed E-state index contributed by atoms with van der Waals surface area (Å²) in [7, 11) is 1.69. The van der Waals surface area contributed by atoms with Crippen LogP contribution in [0.4, 0.5) is 0 Å². The lowest BCUT2D eigenvalue weighted by molar-refractivity contribution is 0.414. The van der Waals surface area contributed by atoms with Crippen molar-refractivity contribution in [2.24, 2.45) is 0 Å². The summed E-state index contributed by atoms with van der Waals surface area (Å²) in [6.07, 6.45) is 0. The van der Waals surface area contributed by atoms with Crippen LogP contribution in [-0.2, 0) is 0 Å². The van der Waals surface area contributed by atoms with Crippen LogP contribution < -0.4 is 4.74 Å². The third kappa shape index (κ3) is 2.85. The lowest BCUT2D eigenvalue weighted by Gasteiger charge is -2.01. The van der Waals surface area contributed by atoms with Crippen molar-refractivity contribution in [3.05, 3.63) is 29.3 Å². The SMILES string of the molecule is COc1cc(C)cc(C)c1.S. The molecule has 0 atom stereocenters. The first-order valence-corrected chi connectivity index (χ1v) is 3.34. The van der Waals surface area contributed by atoms with E-state index in [2.05, 4.69) is 19.9 Å². The summed E-state index contributed by atoms with van der Waals surface area (Å²) < 4.78 is 5.08. The first-order valence-electron chi connectivity index (χ1n) is 3.34. The van der Waals surface area contributed by atoms with Crippen LogP contribution in [0.1, 0.15) is 11.1 Å². The Morgan fingerprint density at radius 3 is 1.82 bits per heavy atom. The normalized spacial score (nSPS) is 8.64. The Labute approximate surface area is 74.8 Å². The molecule has 0 aliphatic heterocycles. The van der Waals surface area contributed by atoms with Gasteiger partial charge in [0.05, 0.1) is 7.11 Å². The van der Waals surface area contributed by atoms with Crippen molar-refractivity contribution in [2.75, 3.05) is 7.11 Å². The van der Waals surface area contributed by atoms with E-state index >= 15 is 0 Å². The molecule has 0 spiro atoms. The van der Waals surface area contributed by atoms with E-state index in [-0.39, 0.29) is 13.5 Å². The van der Waals surface area contributed by atoms with E-state index in [9.17, 15) is 0 Å². The summed E-state index contributed by atoms with van der Waals surface area (Å²) in [4.78, 5) is 0. The molecule has 1 aromatic carbocycles. The molecular weight excluding hydrogens is 156 g/mol. The highest BCUT2D eigenvalue weighted by Gasteiger charge is 1.92. The lowest BCUT2D eigenvalue weighted by atomic mass is 10.1. The molecule has 62 valence electrons. The molecule has 11 heavy (non-hydrogen) atoms. The van der Waals surface area contributed by atoms with Gasteiger partial charge in [-0.05, 0) is 37.1 Å². The highest BCUT2D eigenvalue weighted by molar-refractivity contribution is 7.59. The van der Waals surface area contributed by atoms with Gasteiger partial charge in [0.15, 0.2) is 0 Å². The van der Waals surface area contributed by atoms with Crippen molar-refractivity contribution < 1.29 is 4.74 Å². The molecule has 0 amide bonds. The quantitative estimate of drug-likeness (QED) is 0.629. The van der Waals surface area contributed by atoms with Crippen LogP contribution in [0.5, 0.6) is 5.75 Å². The van der Waals surface area contributed by atoms with Crippen molar-refractivity contribution in [1.29, 1.82) is 0 Å².